The van der Waals surface area contributed by atoms with E-state index in [1.54, 1.807) is 11.8 Å². The first-order valence-corrected chi connectivity index (χ1v) is 7.30. The molecule has 0 fully saturated rings. The van der Waals surface area contributed by atoms with Crippen LogP contribution in [0.25, 0.3) is 0 Å². The molecule has 94 valence electrons. The summed E-state index contributed by atoms with van der Waals surface area (Å²) in [6.07, 6.45) is 4.39. The van der Waals surface area contributed by atoms with Crippen LogP contribution in [-0.2, 0) is 0 Å². The van der Waals surface area contributed by atoms with Gasteiger partial charge in [0.1, 0.15) is 5.15 Å². The Morgan fingerprint density at radius 2 is 2.29 bits per heavy atom. The van der Waals surface area contributed by atoms with E-state index in [1.165, 1.54) is 12.3 Å². The minimum Gasteiger partial charge on any atom is -0.350 e. The fourth-order valence-electron chi connectivity index (χ4n) is 1.22. The van der Waals surface area contributed by atoms with Crippen LogP contribution in [0.4, 0.5) is 0 Å². The molecule has 1 N–H and O–H groups in total. The van der Waals surface area contributed by atoms with Crippen LogP contribution >= 0.6 is 35.0 Å². The lowest BCUT2D eigenvalue weighted by atomic mass is 10.2. The van der Waals surface area contributed by atoms with Gasteiger partial charge in [0, 0.05) is 12.2 Å². The van der Waals surface area contributed by atoms with Gasteiger partial charge in [-0.2, -0.15) is 11.8 Å². The minimum absolute atomic E-state index is 0.129. The molecule has 6 heteroatoms. The fraction of sp³-hybridized carbons (Fsp3) is 0.455. The Morgan fingerprint density at radius 3 is 2.88 bits per heavy atom. The number of carbonyl (C=O) groups is 1. The molecule has 3 nitrogen and oxygen atoms in total. The second-order valence-electron chi connectivity index (χ2n) is 3.65. The van der Waals surface area contributed by atoms with Crippen LogP contribution < -0.4 is 5.32 Å². The van der Waals surface area contributed by atoms with E-state index in [-0.39, 0.29) is 22.1 Å². The van der Waals surface area contributed by atoms with E-state index < -0.39 is 0 Å². The number of thioether (sulfide) groups is 1. The number of nitrogens with one attached hydrogen (secondary N) is 1. The molecule has 1 rings (SSSR count). The number of halogens is 2. The van der Waals surface area contributed by atoms with Crippen LogP contribution in [0.5, 0.6) is 0 Å². The number of nitrogens with zero attached hydrogens (tertiary/aromatic N) is 1. The topological polar surface area (TPSA) is 42.0 Å². The van der Waals surface area contributed by atoms with Gasteiger partial charge in [0.15, 0.2) is 0 Å². The summed E-state index contributed by atoms with van der Waals surface area (Å²) in [5.41, 5.74) is 0.426. The Kier molecular flexibility index (Phi) is 6.09. The van der Waals surface area contributed by atoms with Crippen molar-refractivity contribution < 1.29 is 4.79 Å². The molecule has 0 aliphatic carbocycles. The van der Waals surface area contributed by atoms with Crippen LogP contribution in [0.3, 0.4) is 0 Å². The number of aromatic nitrogens is 1. The second kappa shape index (κ2) is 7.09. The lowest BCUT2D eigenvalue weighted by molar-refractivity contribution is 0.0939. The Balaban J connectivity index is 2.60. The molecule has 1 unspecified atom stereocenters. The maximum absolute atomic E-state index is 11.8. The second-order valence-corrected chi connectivity index (χ2v) is 5.40. The van der Waals surface area contributed by atoms with Gasteiger partial charge in [0.25, 0.3) is 5.91 Å². The van der Waals surface area contributed by atoms with Gasteiger partial charge in [-0.1, -0.05) is 23.2 Å². The third kappa shape index (κ3) is 4.74. The first kappa shape index (κ1) is 14.6. The van der Waals surface area contributed by atoms with Crippen molar-refractivity contribution in [3.8, 4) is 0 Å². The van der Waals surface area contributed by atoms with Gasteiger partial charge in [-0.3, -0.25) is 4.79 Å². The molecule has 0 saturated heterocycles. The maximum Gasteiger partial charge on any atom is 0.253 e. The van der Waals surface area contributed by atoms with E-state index in [9.17, 15) is 4.79 Å². The zero-order chi connectivity index (χ0) is 12.8. The molecular formula is C11H14Cl2N2OS. The van der Waals surface area contributed by atoms with Crippen molar-refractivity contribution in [3.63, 3.8) is 0 Å². The van der Waals surface area contributed by atoms with E-state index in [0.717, 1.165) is 12.2 Å². The molecule has 0 aliphatic heterocycles. The molecule has 17 heavy (non-hydrogen) atoms. The van der Waals surface area contributed by atoms with Crippen molar-refractivity contribution in [2.75, 3.05) is 12.0 Å². The molecule has 0 saturated carbocycles. The van der Waals surface area contributed by atoms with Crippen molar-refractivity contribution in [2.24, 2.45) is 0 Å². The third-order valence-electron chi connectivity index (χ3n) is 2.19. The zero-order valence-electron chi connectivity index (χ0n) is 9.67. The normalized spacial score (nSPS) is 12.2. The van der Waals surface area contributed by atoms with Gasteiger partial charge in [0.2, 0.25) is 0 Å². The molecule has 1 heterocycles. The van der Waals surface area contributed by atoms with Crippen molar-refractivity contribution in [1.82, 2.24) is 10.3 Å². The molecule has 0 aliphatic rings. The predicted molar refractivity (Wildman–Crippen MR) is 74.2 cm³/mol. The fourth-order valence-corrected chi connectivity index (χ4v) is 2.08. The Morgan fingerprint density at radius 1 is 1.59 bits per heavy atom. The van der Waals surface area contributed by atoms with Gasteiger partial charge < -0.3 is 5.32 Å². The highest BCUT2D eigenvalue weighted by Crippen LogP contribution is 2.19. The first-order valence-electron chi connectivity index (χ1n) is 5.15. The molecule has 1 atom stereocenters. The zero-order valence-corrected chi connectivity index (χ0v) is 12.0. The Labute approximate surface area is 115 Å². The number of rotatable bonds is 5. The number of hydrogen-bond acceptors (Lipinski definition) is 3. The highest BCUT2D eigenvalue weighted by atomic mass is 35.5. The van der Waals surface area contributed by atoms with E-state index in [1.807, 2.05) is 13.2 Å². The van der Waals surface area contributed by atoms with Gasteiger partial charge in [0.05, 0.1) is 10.6 Å². The van der Waals surface area contributed by atoms with Crippen LogP contribution in [0, 0.1) is 0 Å². The largest absolute Gasteiger partial charge is 0.350 e. The van der Waals surface area contributed by atoms with Crippen LogP contribution in [0.2, 0.25) is 10.2 Å². The van der Waals surface area contributed by atoms with Gasteiger partial charge >= 0.3 is 0 Å². The quantitative estimate of drug-likeness (QED) is 0.847. The summed E-state index contributed by atoms with van der Waals surface area (Å²) >= 11 is 13.2. The molecule has 1 amide bonds. The summed E-state index contributed by atoms with van der Waals surface area (Å²) in [5, 5.41) is 3.38. The summed E-state index contributed by atoms with van der Waals surface area (Å²) in [7, 11) is 0. The van der Waals surface area contributed by atoms with E-state index in [2.05, 4.69) is 10.3 Å². The minimum atomic E-state index is -0.176. The summed E-state index contributed by atoms with van der Waals surface area (Å²) in [4.78, 5) is 15.7. The van der Waals surface area contributed by atoms with Crippen molar-refractivity contribution in [3.05, 3.63) is 28.0 Å². The third-order valence-corrected chi connectivity index (χ3v) is 3.52. The van der Waals surface area contributed by atoms with Gasteiger partial charge in [-0.15, -0.1) is 0 Å². The molecule has 0 radical (unpaired) electrons. The highest BCUT2D eigenvalue weighted by Gasteiger charge is 2.11. The molecule has 1 aromatic heterocycles. The number of hydrogen-bond donors (Lipinski definition) is 1. The smallest absolute Gasteiger partial charge is 0.253 e. The Hall–Kier alpha value is -0.450. The highest BCUT2D eigenvalue weighted by molar-refractivity contribution is 7.98. The van der Waals surface area contributed by atoms with Crippen molar-refractivity contribution in [2.45, 2.75) is 19.4 Å². The summed E-state index contributed by atoms with van der Waals surface area (Å²) in [6.45, 7) is 1.97. The van der Waals surface area contributed by atoms with E-state index in [4.69, 9.17) is 23.2 Å². The molecule has 1 aromatic rings. The standard InChI is InChI=1S/C11H14Cl2N2OS/c1-7(3-4-17-2)15-11(16)8-5-9(12)10(13)14-6-8/h5-7H,3-4H2,1-2H3,(H,15,16). The predicted octanol–water partition coefficient (Wildman–Crippen LogP) is 3.26. The summed E-state index contributed by atoms with van der Waals surface area (Å²) in [6, 6.07) is 1.65. The Bertz CT molecular complexity index is 401. The van der Waals surface area contributed by atoms with Crippen molar-refractivity contribution in [1.29, 1.82) is 0 Å². The summed E-state index contributed by atoms with van der Waals surface area (Å²) < 4.78 is 0. The molecule has 0 bridgehead atoms. The molecular weight excluding hydrogens is 279 g/mol. The number of carbonyl (C=O) groups excluding carboxylic acids is 1. The average molecular weight is 293 g/mol. The van der Waals surface area contributed by atoms with Gasteiger partial charge in [-0.05, 0) is 31.4 Å². The van der Waals surface area contributed by atoms with Crippen LogP contribution in [-0.4, -0.2) is 28.9 Å². The number of pyridine rings is 1. The monoisotopic (exact) mass is 292 g/mol. The summed E-state index contributed by atoms with van der Waals surface area (Å²) in [5.74, 6) is 0.839. The van der Waals surface area contributed by atoms with E-state index in [0.29, 0.717) is 5.56 Å². The lowest BCUT2D eigenvalue weighted by Gasteiger charge is -2.13. The SMILES string of the molecule is CSCCC(C)NC(=O)c1cnc(Cl)c(Cl)c1. The van der Waals surface area contributed by atoms with E-state index >= 15 is 0 Å². The van der Waals surface area contributed by atoms with Gasteiger partial charge in [-0.25, -0.2) is 4.98 Å². The van der Waals surface area contributed by atoms with Crippen LogP contribution in [0.1, 0.15) is 23.7 Å². The molecule has 0 spiro atoms. The first-order chi connectivity index (χ1) is 8.04. The lowest BCUT2D eigenvalue weighted by Crippen LogP contribution is -2.33. The van der Waals surface area contributed by atoms with Crippen molar-refractivity contribution >= 4 is 40.9 Å². The van der Waals surface area contributed by atoms with Crippen LogP contribution in [0.15, 0.2) is 12.3 Å². The number of amides is 1. The average Bonchev–Trinajstić information content (AvgIpc) is 2.30. The maximum atomic E-state index is 11.8. The molecule has 0 aromatic carbocycles.